The molecule has 2 amide bonds. The Hall–Kier alpha value is -3.43. The van der Waals surface area contributed by atoms with Crippen molar-refractivity contribution < 1.29 is 34.1 Å². The van der Waals surface area contributed by atoms with Crippen molar-refractivity contribution in [2.75, 3.05) is 19.8 Å². The van der Waals surface area contributed by atoms with Gasteiger partial charge in [0.2, 0.25) is 0 Å². The molecule has 168 valence electrons. The van der Waals surface area contributed by atoms with Crippen molar-refractivity contribution in [1.82, 2.24) is 10.6 Å². The highest BCUT2D eigenvalue weighted by molar-refractivity contribution is 5.87. The number of aliphatic hydroxyl groups is 1. The number of carbonyl (C=O) groups is 3. The Morgan fingerprint density at radius 3 is 2.28 bits per heavy atom. The van der Waals surface area contributed by atoms with E-state index in [1.165, 1.54) is 0 Å². The predicted molar refractivity (Wildman–Crippen MR) is 113 cm³/mol. The lowest BCUT2D eigenvalue weighted by molar-refractivity contribution is -0.145. The molecule has 3 atom stereocenters. The molecule has 2 aromatic rings. The Bertz CT molecular complexity index is 979. The van der Waals surface area contributed by atoms with Crippen LogP contribution in [0, 0.1) is 0 Å². The molecule has 1 aliphatic carbocycles. The lowest BCUT2D eigenvalue weighted by atomic mass is 9.98. The van der Waals surface area contributed by atoms with Gasteiger partial charge in [0.15, 0.2) is 6.10 Å². The lowest BCUT2D eigenvalue weighted by Crippen LogP contribution is -2.53. The number of fused-ring (bicyclic) bond motifs is 3. The fourth-order valence-electron chi connectivity index (χ4n) is 4.23. The zero-order valence-electron chi connectivity index (χ0n) is 17.2. The molecule has 1 saturated heterocycles. The van der Waals surface area contributed by atoms with Crippen molar-refractivity contribution in [3.8, 4) is 11.1 Å². The van der Waals surface area contributed by atoms with Gasteiger partial charge in [0.25, 0.3) is 5.91 Å². The molecule has 0 radical (unpaired) electrons. The van der Waals surface area contributed by atoms with E-state index in [4.69, 9.17) is 19.7 Å². The van der Waals surface area contributed by atoms with E-state index < -0.39 is 42.8 Å². The number of carbonyl (C=O) groups excluding carboxylic acids is 2. The van der Waals surface area contributed by atoms with E-state index >= 15 is 0 Å². The van der Waals surface area contributed by atoms with E-state index in [2.05, 4.69) is 10.6 Å². The Kier molecular flexibility index (Phi) is 6.38. The second-order valence-electron chi connectivity index (χ2n) is 7.74. The van der Waals surface area contributed by atoms with Gasteiger partial charge in [0.1, 0.15) is 12.6 Å². The summed E-state index contributed by atoms with van der Waals surface area (Å²) in [6, 6.07) is 13.9. The summed E-state index contributed by atoms with van der Waals surface area (Å²) in [5, 5.41) is 22.9. The van der Waals surface area contributed by atoms with Crippen LogP contribution in [0.3, 0.4) is 0 Å². The molecule has 1 aliphatic heterocycles. The van der Waals surface area contributed by atoms with Gasteiger partial charge in [-0.25, -0.2) is 9.59 Å². The summed E-state index contributed by atoms with van der Waals surface area (Å²) in [6.45, 7) is -0.391. The molecule has 9 nitrogen and oxygen atoms in total. The number of alkyl carbamates (subject to hydrolysis) is 1. The van der Waals surface area contributed by atoms with Gasteiger partial charge in [-0.2, -0.15) is 0 Å². The fraction of sp³-hybridized carbons (Fsp3) is 0.348. The average Bonchev–Trinajstić information content (AvgIpc) is 3.38. The van der Waals surface area contributed by atoms with Crippen molar-refractivity contribution >= 4 is 18.0 Å². The average molecular weight is 440 g/mol. The van der Waals surface area contributed by atoms with E-state index in [0.717, 1.165) is 22.3 Å². The van der Waals surface area contributed by atoms with Crippen molar-refractivity contribution in [2.45, 2.75) is 30.5 Å². The van der Waals surface area contributed by atoms with Crippen LogP contribution in [0.1, 0.15) is 23.5 Å². The Morgan fingerprint density at radius 1 is 1.06 bits per heavy atom. The Balaban J connectivity index is 1.37. The van der Waals surface area contributed by atoms with Gasteiger partial charge in [0, 0.05) is 12.5 Å². The molecular formula is C23H24N2O7. The number of aliphatic hydroxyl groups excluding tert-OH is 1. The molecule has 32 heavy (non-hydrogen) atoms. The van der Waals surface area contributed by atoms with Gasteiger partial charge in [-0.3, -0.25) is 4.79 Å². The maximum absolute atomic E-state index is 12.5. The number of carboxylic acids is 1. The van der Waals surface area contributed by atoms with E-state index in [1.54, 1.807) is 0 Å². The second kappa shape index (κ2) is 9.37. The summed E-state index contributed by atoms with van der Waals surface area (Å²) >= 11 is 0. The first kappa shape index (κ1) is 21.8. The minimum absolute atomic E-state index is 0.0899. The standard InChI is InChI=1S/C23H24N2O7/c26-11-19(22(28)29)24-21(27)20-18(9-10-31-20)25-23(30)32-12-17-15-7-3-1-5-13(15)14-6-2-4-8-16(14)17/h1-8,17-20,26H,9-12H2,(H,24,27)(H,25,30)(H,28,29)/t18?,19-,20?/m0/s1. The van der Waals surface area contributed by atoms with Gasteiger partial charge in [-0.1, -0.05) is 48.5 Å². The summed E-state index contributed by atoms with van der Waals surface area (Å²) in [7, 11) is 0. The minimum atomic E-state index is -1.44. The molecule has 0 saturated carbocycles. The second-order valence-corrected chi connectivity index (χ2v) is 7.74. The molecule has 1 heterocycles. The monoisotopic (exact) mass is 440 g/mol. The van der Waals surface area contributed by atoms with Gasteiger partial charge in [-0.15, -0.1) is 0 Å². The lowest BCUT2D eigenvalue weighted by Gasteiger charge is -2.21. The summed E-state index contributed by atoms with van der Waals surface area (Å²) in [5.74, 6) is -2.17. The number of ether oxygens (including phenoxy) is 2. The molecule has 4 rings (SSSR count). The molecule has 0 aromatic heterocycles. The van der Waals surface area contributed by atoms with Crippen LogP contribution >= 0.6 is 0 Å². The minimum Gasteiger partial charge on any atom is -0.480 e. The van der Waals surface area contributed by atoms with Crippen LogP contribution in [-0.4, -0.2) is 66.2 Å². The molecule has 4 N–H and O–H groups in total. The number of aliphatic carboxylic acids is 1. The maximum atomic E-state index is 12.5. The number of rotatable bonds is 7. The van der Waals surface area contributed by atoms with Crippen LogP contribution in [-0.2, 0) is 19.1 Å². The number of carboxylic acid groups (broad SMARTS) is 1. The van der Waals surface area contributed by atoms with Gasteiger partial charge >= 0.3 is 12.1 Å². The van der Waals surface area contributed by atoms with Gasteiger partial charge < -0.3 is 30.3 Å². The Labute approximate surface area is 184 Å². The SMILES string of the molecule is O=C(NC1CCOC1C(=O)N[C@@H](CO)C(=O)O)OCC1c2ccccc2-c2ccccc21. The third-order valence-electron chi connectivity index (χ3n) is 5.79. The van der Waals surface area contributed by atoms with E-state index in [9.17, 15) is 14.4 Å². The predicted octanol–water partition coefficient (Wildman–Crippen LogP) is 1.24. The third kappa shape index (κ3) is 4.30. The first-order valence-electron chi connectivity index (χ1n) is 10.4. The van der Waals surface area contributed by atoms with Crippen molar-refractivity contribution in [2.24, 2.45) is 0 Å². The highest BCUT2D eigenvalue weighted by Gasteiger charge is 2.37. The van der Waals surface area contributed by atoms with E-state index in [-0.39, 0.29) is 19.1 Å². The van der Waals surface area contributed by atoms with Gasteiger partial charge in [-0.05, 0) is 28.7 Å². The number of nitrogens with one attached hydrogen (secondary N) is 2. The summed E-state index contributed by atoms with van der Waals surface area (Å²) in [4.78, 5) is 35.9. The van der Waals surface area contributed by atoms with Crippen LogP contribution in [0.5, 0.6) is 0 Å². The first-order valence-corrected chi connectivity index (χ1v) is 10.4. The molecular weight excluding hydrogens is 416 g/mol. The maximum Gasteiger partial charge on any atom is 0.407 e. The zero-order chi connectivity index (χ0) is 22.7. The van der Waals surface area contributed by atoms with E-state index in [0.29, 0.717) is 6.42 Å². The van der Waals surface area contributed by atoms with E-state index in [1.807, 2.05) is 48.5 Å². The topological polar surface area (TPSA) is 134 Å². The molecule has 1 fully saturated rings. The fourth-order valence-corrected chi connectivity index (χ4v) is 4.23. The summed E-state index contributed by atoms with van der Waals surface area (Å²) < 4.78 is 10.9. The summed E-state index contributed by atoms with van der Waals surface area (Å²) in [6.07, 6.45) is -1.37. The van der Waals surface area contributed by atoms with Crippen LogP contribution in [0.15, 0.2) is 48.5 Å². The van der Waals surface area contributed by atoms with Crippen LogP contribution in [0.25, 0.3) is 11.1 Å². The largest absolute Gasteiger partial charge is 0.480 e. The quantitative estimate of drug-likeness (QED) is 0.509. The Morgan fingerprint density at radius 2 is 1.69 bits per heavy atom. The van der Waals surface area contributed by atoms with Crippen LogP contribution in [0.2, 0.25) is 0 Å². The number of benzene rings is 2. The molecule has 0 spiro atoms. The smallest absolute Gasteiger partial charge is 0.407 e. The first-order chi connectivity index (χ1) is 15.5. The third-order valence-corrected chi connectivity index (χ3v) is 5.79. The van der Waals surface area contributed by atoms with Crippen molar-refractivity contribution in [1.29, 1.82) is 0 Å². The van der Waals surface area contributed by atoms with Crippen LogP contribution < -0.4 is 10.6 Å². The highest BCUT2D eigenvalue weighted by Crippen LogP contribution is 2.44. The highest BCUT2D eigenvalue weighted by atomic mass is 16.6. The number of hydrogen-bond donors (Lipinski definition) is 4. The molecule has 2 unspecified atom stereocenters. The van der Waals surface area contributed by atoms with Crippen molar-refractivity contribution in [3.05, 3.63) is 59.7 Å². The number of amides is 2. The summed E-state index contributed by atoms with van der Waals surface area (Å²) in [5.41, 5.74) is 4.42. The molecule has 0 bridgehead atoms. The zero-order valence-corrected chi connectivity index (χ0v) is 17.2. The molecule has 2 aliphatic rings. The van der Waals surface area contributed by atoms with Gasteiger partial charge in [0.05, 0.1) is 12.6 Å². The molecule has 9 heteroatoms. The molecule has 2 aromatic carbocycles. The van der Waals surface area contributed by atoms with Crippen LogP contribution in [0.4, 0.5) is 4.79 Å². The normalized spacial score (nSPS) is 20.2. The van der Waals surface area contributed by atoms with Crippen molar-refractivity contribution in [3.63, 3.8) is 0 Å². The number of hydrogen-bond acceptors (Lipinski definition) is 6.